The predicted octanol–water partition coefficient (Wildman–Crippen LogP) is 2.65. The number of carbonyl (C=O) groups is 1. The molecule has 108 valence electrons. The average Bonchev–Trinajstić information content (AvgIpc) is 2.38. The SMILES string of the molecule is CC1CCCC(Oc2ncc([N+](=O)[O-])cc2C(=O)O)C1. The van der Waals surface area contributed by atoms with Crippen molar-refractivity contribution in [3.8, 4) is 5.88 Å². The summed E-state index contributed by atoms with van der Waals surface area (Å²) in [6, 6.07) is 0.983. The molecule has 1 fully saturated rings. The number of nitro groups is 1. The van der Waals surface area contributed by atoms with Gasteiger partial charge in [0, 0.05) is 6.07 Å². The maximum atomic E-state index is 11.2. The molecule has 2 rings (SSSR count). The number of rotatable bonds is 4. The molecule has 0 radical (unpaired) electrons. The minimum Gasteiger partial charge on any atom is -0.477 e. The highest BCUT2D eigenvalue weighted by Gasteiger charge is 2.24. The van der Waals surface area contributed by atoms with Crippen LogP contribution in [0.1, 0.15) is 43.0 Å². The molecule has 7 nitrogen and oxygen atoms in total. The molecule has 1 aromatic rings. The molecule has 0 aliphatic heterocycles. The molecule has 1 aliphatic carbocycles. The number of aromatic nitrogens is 1. The van der Waals surface area contributed by atoms with Crippen LogP contribution in [0.4, 0.5) is 5.69 Å². The van der Waals surface area contributed by atoms with E-state index in [2.05, 4.69) is 11.9 Å². The van der Waals surface area contributed by atoms with Crippen molar-refractivity contribution in [2.75, 3.05) is 0 Å². The third-order valence-corrected chi connectivity index (χ3v) is 3.44. The number of pyridine rings is 1. The highest BCUT2D eigenvalue weighted by Crippen LogP contribution is 2.29. The quantitative estimate of drug-likeness (QED) is 0.671. The number of nitrogens with zero attached hydrogens (tertiary/aromatic N) is 2. The van der Waals surface area contributed by atoms with E-state index < -0.39 is 10.9 Å². The van der Waals surface area contributed by atoms with Gasteiger partial charge >= 0.3 is 5.97 Å². The van der Waals surface area contributed by atoms with Crippen LogP contribution < -0.4 is 4.74 Å². The smallest absolute Gasteiger partial charge is 0.341 e. The second kappa shape index (κ2) is 5.85. The van der Waals surface area contributed by atoms with Gasteiger partial charge in [-0.15, -0.1) is 0 Å². The number of ether oxygens (including phenoxy) is 1. The van der Waals surface area contributed by atoms with E-state index in [9.17, 15) is 14.9 Å². The van der Waals surface area contributed by atoms with Crippen molar-refractivity contribution < 1.29 is 19.6 Å². The van der Waals surface area contributed by atoms with Gasteiger partial charge in [0.1, 0.15) is 17.9 Å². The Labute approximate surface area is 115 Å². The van der Waals surface area contributed by atoms with Crippen LogP contribution in [0.25, 0.3) is 0 Å². The van der Waals surface area contributed by atoms with Gasteiger partial charge in [0.05, 0.1) is 4.92 Å². The molecule has 1 heterocycles. The maximum absolute atomic E-state index is 11.2. The van der Waals surface area contributed by atoms with Crippen molar-refractivity contribution in [2.45, 2.75) is 38.7 Å². The fourth-order valence-electron chi connectivity index (χ4n) is 2.43. The first-order valence-electron chi connectivity index (χ1n) is 6.51. The van der Waals surface area contributed by atoms with Gasteiger partial charge in [0.15, 0.2) is 0 Å². The van der Waals surface area contributed by atoms with E-state index >= 15 is 0 Å². The zero-order valence-electron chi connectivity index (χ0n) is 11.1. The molecule has 1 aromatic heterocycles. The lowest BCUT2D eigenvalue weighted by Gasteiger charge is -2.27. The van der Waals surface area contributed by atoms with Crippen LogP contribution in [-0.2, 0) is 0 Å². The molecule has 0 aromatic carbocycles. The summed E-state index contributed by atoms with van der Waals surface area (Å²) in [4.78, 5) is 24.9. The molecule has 1 saturated carbocycles. The Bertz CT molecular complexity index is 531. The molecular formula is C13H16N2O5. The van der Waals surface area contributed by atoms with Gasteiger partial charge < -0.3 is 9.84 Å². The van der Waals surface area contributed by atoms with Crippen molar-refractivity contribution in [3.05, 3.63) is 27.9 Å². The van der Waals surface area contributed by atoms with Gasteiger partial charge in [-0.25, -0.2) is 9.78 Å². The van der Waals surface area contributed by atoms with Crippen LogP contribution in [0.3, 0.4) is 0 Å². The summed E-state index contributed by atoms with van der Waals surface area (Å²) in [6.07, 6.45) is 4.81. The van der Waals surface area contributed by atoms with E-state index in [-0.39, 0.29) is 23.2 Å². The fourth-order valence-corrected chi connectivity index (χ4v) is 2.43. The Kier molecular flexibility index (Phi) is 4.16. The van der Waals surface area contributed by atoms with Crippen molar-refractivity contribution in [1.29, 1.82) is 0 Å². The predicted molar refractivity (Wildman–Crippen MR) is 69.9 cm³/mol. The topological polar surface area (TPSA) is 103 Å². The summed E-state index contributed by atoms with van der Waals surface area (Å²) in [5, 5.41) is 19.8. The number of carboxylic acid groups (broad SMARTS) is 1. The van der Waals surface area contributed by atoms with E-state index in [1.807, 2.05) is 0 Å². The second-order valence-corrected chi connectivity index (χ2v) is 5.12. The fraction of sp³-hybridized carbons (Fsp3) is 0.538. The van der Waals surface area contributed by atoms with Crippen LogP contribution in [0.5, 0.6) is 5.88 Å². The zero-order chi connectivity index (χ0) is 14.7. The molecule has 0 bridgehead atoms. The normalized spacial score (nSPS) is 22.2. The molecular weight excluding hydrogens is 264 g/mol. The van der Waals surface area contributed by atoms with Crippen LogP contribution in [0.2, 0.25) is 0 Å². The summed E-state index contributed by atoms with van der Waals surface area (Å²) < 4.78 is 5.64. The van der Waals surface area contributed by atoms with Crippen molar-refractivity contribution >= 4 is 11.7 Å². The van der Waals surface area contributed by atoms with Crippen LogP contribution in [0.15, 0.2) is 12.3 Å². The van der Waals surface area contributed by atoms with Crippen LogP contribution >= 0.6 is 0 Å². The lowest BCUT2D eigenvalue weighted by molar-refractivity contribution is -0.385. The maximum Gasteiger partial charge on any atom is 0.341 e. The van der Waals surface area contributed by atoms with Crippen molar-refractivity contribution in [2.24, 2.45) is 5.92 Å². The molecule has 0 spiro atoms. The largest absolute Gasteiger partial charge is 0.477 e. The number of carboxylic acids is 1. The monoisotopic (exact) mass is 280 g/mol. The Morgan fingerprint density at radius 3 is 2.90 bits per heavy atom. The van der Waals surface area contributed by atoms with E-state index in [0.717, 1.165) is 37.9 Å². The summed E-state index contributed by atoms with van der Waals surface area (Å²) in [7, 11) is 0. The van der Waals surface area contributed by atoms with Crippen molar-refractivity contribution in [3.63, 3.8) is 0 Å². The average molecular weight is 280 g/mol. The molecule has 0 amide bonds. The first kappa shape index (κ1) is 14.2. The Balaban J connectivity index is 2.22. The van der Waals surface area contributed by atoms with Gasteiger partial charge in [-0.3, -0.25) is 10.1 Å². The number of aromatic carboxylic acids is 1. The summed E-state index contributed by atoms with van der Waals surface area (Å²) >= 11 is 0. The Morgan fingerprint density at radius 2 is 2.30 bits per heavy atom. The number of hydrogen-bond donors (Lipinski definition) is 1. The minimum absolute atomic E-state index is 0.0396. The van der Waals surface area contributed by atoms with Gasteiger partial charge in [-0.05, 0) is 25.2 Å². The Hall–Kier alpha value is -2.18. The lowest BCUT2D eigenvalue weighted by atomic mass is 9.89. The summed E-state index contributed by atoms with van der Waals surface area (Å²) in [6.45, 7) is 2.12. The molecule has 2 atom stereocenters. The highest BCUT2D eigenvalue weighted by molar-refractivity contribution is 5.90. The van der Waals surface area contributed by atoms with Gasteiger partial charge in [0.2, 0.25) is 5.88 Å². The number of hydrogen-bond acceptors (Lipinski definition) is 5. The van der Waals surface area contributed by atoms with E-state index in [1.54, 1.807) is 0 Å². The first-order chi connectivity index (χ1) is 9.47. The van der Waals surface area contributed by atoms with Crippen LogP contribution in [0, 0.1) is 16.0 Å². The van der Waals surface area contributed by atoms with E-state index in [1.165, 1.54) is 0 Å². The minimum atomic E-state index is -1.28. The molecule has 1 aliphatic rings. The van der Waals surface area contributed by atoms with Crippen LogP contribution in [-0.4, -0.2) is 27.1 Å². The molecule has 0 saturated heterocycles. The van der Waals surface area contributed by atoms with Crippen molar-refractivity contribution in [1.82, 2.24) is 4.98 Å². The standard InChI is InChI=1S/C13H16N2O5/c1-8-3-2-4-10(5-8)20-12-11(13(16)17)6-9(7-14-12)15(18)19/h6-8,10H,2-5H2,1H3,(H,16,17). The highest BCUT2D eigenvalue weighted by atomic mass is 16.6. The van der Waals surface area contributed by atoms with Gasteiger partial charge in [0.25, 0.3) is 5.69 Å². The second-order valence-electron chi connectivity index (χ2n) is 5.12. The zero-order valence-corrected chi connectivity index (χ0v) is 11.1. The van der Waals surface area contributed by atoms with Gasteiger partial charge in [-0.2, -0.15) is 0 Å². The summed E-state index contributed by atoms with van der Waals surface area (Å²) in [5.74, 6) is -0.790. The van der Waals surface area contributed by atoms with Gasteiger partial charge in [-0.1, -0.05) is 13.3 Å². The lowest BCUT2D eigenvalue weighted by Crippen LogP contribution is -2.25. The molecule has 7 heteroatoms. The van der Waals surface area contributed by atoms with E-state index in [0.29, 0.717) is 5.92 Å². The summed E-state index contributed by atoms with van der Waals surface area (Å²) in [5.41, 5.74) is -0.621. The third kappa shape index (κ3) is 3.23. The van der Waals surface area contributed by atoms with E-state index in [4.69, 9.17) is 9.84 Å². The molecule has 2 unspecified atom stereocenters. The third-order valence-electron chi connectivity index (χ3n) is 3.44. The Morgan fingerprint density at radius 1 is 1.55 bits per heavy atom. The first-order valence-corrected chi connectivity index (χ1v) is 6.51. The molecule has 1 N–H and O–H groups in total. The molecule has 20 heavy (non-hydrogen) atoms.